The molecule has 0 aliphatic rings. The molecule has 0 atom stereocenters. The lowest BCUT2D eigenvalue weighted by molar-refractivity contribution is -0.152. The standard InChI is InChI=1S/C12H14N2O4/c1-3-18-12(17)11(16)14-9-6-8(10(13)15)5-4-7(9)2/h4-6H,3H2,1-2H3,(H2,13,15)(H,14,16). The first-order valence-electron chi connectivity index (χ1n) is 5.34. The molecule has 0 aliphatic heterocycles. The van der Waals surface area contributed by atoms with Crippen LogP contribution in [0.4, 0.5) is 5.69 Å². The van der Waals surface area contributed by atoms with Crippen molar-refractivity contribution in [2.75, 3.05) is 11.9 Å². The number of hydrogen-bond acceptors (Lipinski definition) is 4. The minimum Gasteiger partial charge on any atom is -0.459 e. The van der Waals surface area contributed by atoms with E-state index in [9.17, 15) is 14.4 Å². The smallest absolute Gasteiger partial charge is 0.397 e. The third-order valence-corrected chi connectivity index (χ3v) is 2.23. The average molecular weight is 250 g/mol. The van der Waals surface area contributed by atoms with E-state index in [1.807, 2.05) is 0 Å². The van der Waals surface area contributed by atoms with Crippen molar-refractivity contribution in [1.82, 2.24) is 0 Å². The Morgan fingerprint density at radius 1 is 1.33 bits per heavy atom. The highest BCUT2D eigenvalue weighted by atomic mass is 16.5. The van der Waals surface area contributed by atoms with Crippen molar-refractivity contribution in [3.63, 3.8) is 0 Å². The molecule has 1 aromatic carbocycles. The van der Waals surface area contributed by atoms with E-state index >= 15 is 0 Å². The molecular formula is C12H14N2O4. The first-order chi connectivity index (χ1) is 8.45. The number of nitrogens with two attached hydrogens (primary N) is 1. The zero-order valence-electron chi connectivity index (χ0n) is 10.1. The van der Waals surface area contributed by atoms with Crippen molar-refractivity contribution in [2.24, 2.45) is 5.73 Å². The number of esters is 1. The second kappa shape index (κ2) is 5.81. The molecule has 1 aromatic rings. The Bertz CT molecular complexity index is 497. The minimum atomic E-state index is -0.971. The number of nitrogens with one attached hydrogen (secondary N) is 1. The third-order valence-electron chi connectivity index (χ3n) is 2.23. The van der Waals surface area contributed by atoms with Crippen LogP contribution in [0.5, 0.6) is 0 Å². The van der Waals surface area contributed by atoms with Gasteiger partial charge in [-0.2, -0.15) is 0 Å². The van der Waals surface area contributed by atoms with Crippen molar-refractivity contribution in [1.29, 1.82) is 0 Å². The number of hydrogen-bond donors (Lipinski definition) is 2. The number of carbonyl (C=O) groups is 3. The van der Waals surface area contributed by atoms with E-state index in [4.69, 9.17) is 5.73 Å². The van der Waals surface area contributed by atoms with Crippen LogP contribution in [0, 0.1) is 6.92 Å². The molecule has 0 saturated carbocycles. The first kappa shape index (κ1) is 13.7. The number of amides is 2. The largest absolute Gasteiger partial charge is 0.459 e. The highest BCUT2D eigenvalue weighted by Crippen LogP contribution is 2.16. The second-order valence-corrected chi connectivity index (χ2v) is 3.57. The number of rotatable bonds is 3. The summed E-state index contributed by atoms with van der Waals surface area (Å²) in [4.78, 5) is 33.6. The van der Waals surface area contributed by atoms with E-state index in [2.05, 4.69) is 10.1 Å². The van der Waals surface area contributed by atoms with Crippen molar-refractivity contribution >= 4 is 23.5 Å². The Labute approximate surface area is 104 Å². The fraction of sp³-hybridized carbons (Fsp3) is 0.250. The maximum atomic E-state index is 11.4. The lowest BCUT2D eigenvalue weighted by atomic mass is 10.1. The van der Waals surface area contributed by atoms with Gasteiger partial charge in [0.15, 0.2) is 0 Å². The van der Waals surface area contributed by atoms with Gasteiger partial charge in [-0.3, -0.25) is 9.59 Å². The SMILES string of the molecule is CCOC(=O)C(=O)Nc1cc(C(N)=O)ccc1C. The Morgan fingerprint density at radius 3 is 2.56 bits per heavy atom. The van der Waals surface area contributed by atoms with Gasteiger partial charge < -0.3 is 15.8 Å². The molecule has 0 unspecified atom stereocenters. The fourth-order valence-corrected chi connectivity index (χ4v) is 1.28. The zero-order valence-corrected chi connectivity index (χ0v) is 10.1. The molecule has 0 radical (unpaired) electrons. The summed E-state index contributed by atoms with van der Waals surface area (Å²) in [7, 11) is 0. The summed E-state index contributed by atoms with van der Waals surface area (Å²) in [5, 5.41) is 2.37. The van der Waals surface area contributed by atoms with Gasteiger partial charge in [0.05, 0.1) is 6.61 Å². The van der Waals surface area contributed by atoms with Crippen molar-refractivity contribution < 1.29 is 19.1 Å². The van der Waals surface area contributed by atoms with E-state index < -0.39 is 17.8 Å². The maximum absolute atomic E-state index is 11.4. The predicted octanol–water partition coefficient (Wildman–Crippen LogP) is 0.596. The highest BCUT2D eigenvalue weighted by molar-refractivity contribution is 6.37. The van der Waals surface area contributed by atoms with Gasteiger partial charge in [-0.1, -0.05) is 6.07 Å². The molecule has 0 aliphatic carbocycles. The molecule has 0 fully saturated rings. The quantitative estimate of drug-likeness (QED) is 0.606. The van der Waals surface area contributed by atoms with E-state index in [0.29, 0.717) is 11.3 Å². The normalized spacial score (nSPS) is 9.67. The van der Waals surface area contributed by atoms with Gasteiger partial charge in [-0.25, -0.2) is 4.79 Å². The van der Waals surface area contributed by atoms with Gasteiger partial charge in [0.25, 0.3) is 0 Å². The summed E-state index contributed by atoms with van der Waals surface area (Å²) in [5.74, 6) is -2.47. The lowest BCUT2D eigenvalue weighted by Crippen LogP contribution is -2.25. The number of carbonyl (C=O) groups excluding carboxylic acids is 3. The molecule has 0 bridgehead atoms. The van der Waals surface area contributed by atoms with Crippen molar-refractivity contribution in [2.45, 2.75) is 13.8 Å². The van der Waals surface area contributed by atoms with Crippen LogP contribution in [0.3, 0.4) is 0 Å². The van der Waals surface area contributed by atoms with Crippen LogP contribution < -0.4 is 11.1 Å². The van der Waals surface area contributed by atoms with Crippen LogP contribution in [0.2, 0.25) is 0 Å². The summed E-state index contributed by atoms with van der Waals surface area (Å²) in [6.45, 7) is 3.45. The summed E-state index contributed by atoms with van der Waals surface area (Å²) < 4.78 is 4.55. The number of benzene rings is 1. The third kappa shape index (κ3) is 3.31. The second-order valence-electron chi connectivity index (χ2n) is 3.57. The molecule has 0 aromatic heterocycles. The van der Waals surface area contributed by atoms with Crippen LogP contribution in [-0.2, 0) is 14.3 Å². The molecule has 0 heterocycles. The topological polar surface area (TPSA) is 98.5 Å². The zero-order chi connectivity index (χ0) is 13.7. The van der Waals surface area contributed by atoms with Crippen LogP contribution in [-0.4, -0.2) is 24.4 Å². The fourth-order valence-electron chi connectivity index (χ4n) is 1.28. The van der Waals surface area contributed by atoms with Gasteiger partial charge in [0.2, 0.25) is 5.91 Å². The number of primary amides is 1. The van der Waals surface area contributed by atoms with Crippen LogP contribution in [0.15, 0.2) is 18.2 Å². The van der Waals surface area contributed by atoms with Gasteiger partial charge in [0.1, 0.15) is 0 Å². The van der Waals surface area contributed by atoms with E-state index in [1.165, 1.54) is 12.1 Å². The molecular weight excluding hydrogens is 236 g/mol. The van der Waals surface area contributed by atoms with Gasteiger partial charge in [-0.15, -0.1) is 0 Å². The molecule has 0 saturated heterocycles. The lowest BCUT2D eigenvalue weighted by Gasteiger charge is -2.08. The Morgan fingerprint density at radius 2 is 2.00 bits per heavy atom. The summed E-state index contributed by atoms with van der Waals surface area (Å²) in [6, 6.07) is 4.58. The minimum absolute atomic E-state index is 0.118. The Balaban J connectivity index is 2.90. The summed E-state index contributed by atoms with van der Waals surface area (Å²) in [5.41, 5.74) is 6.43. The molecule has 2 amide bonds. The van der Waals surface area contributed by atoms with Gasteiger partial charge in [-0.05, 0) is 31.5 Å². The van der Waals surface area contributed by atoms with Gasteiger partial charge in [0, 0.05) is 11.3 Å². The molecule has 96 valence electrons. The molecule has 1 rings (SSSR count). The van der Waals surface area contributed by atoms with E-state index in [-0.39, 0.29) is 12.2 Å². The first-order valence-corrected chi connectivity index (χ1v) is 5.34. The molecule has 3 N–H and O–H groups in total. The highest BCUT2D eigenvalue weighted by Gasteiger charge is 2.16. The predicted molar refractivity (Wildman–Crippen MR) is 65.0 cm³/mol. The maximum Gasteiger partial charge on any atom is 0.397 e. The van der Waals surface area contributed by atoms with E-state index in [0.717, 1.165) is 0 Å². The molecule has 6 nitrogen and oxygen atoms in total. The summed E-state index contributed by atoms with van der Waals surface area (Å²) >= 11 is 0. The Kier molecular flexibility index (Phi) is 4.42. The van der Waals surface area contributed by atoms with Crippen LogP contribution in [0.1, 0.15) is 22.8 Å². The Hall–Kier alpha value is -2.37. The average Bonchev–Trinajstić information content (AvgIpc) is 2.31. The van der Waals surface area contributed by atoms with Crippen molar-refractivity contribution in [3.05, 3.63) is 29.3 Å². The number of ether oxygens (including phenoxy) is 1. The van der Waals surface area contributed by atoms with Crippen molar-refractivity contribution in [3.8, 4) is 0 Å². The number of anilines is 1. The molecule has 6 heteroatoms. The number of aryl methyl sites for hydroxylation is 1. The van der Waals surface area contributed by atoms with Gasteiger partial charge >= 0.3 is 11.9 Å². The van der Waals surface area contributed by atoms with E-state index in [1.54, 1.807) is 19.9 Å². The molecule has 0 spiro atoms. The monoisotopic (exact) mass is 250 g/mol. The van der Waals surface area contributed by atoms with Crippen LogP contribution in [0.25, 0.3) is 0 Å². The molecule has 18 heavy (non-hydrogen) atoms. The van der Waals surface area contributed by atoms with Crippen LogP contribution >= 0.6 is 0 Å². The summed E-state index contributed by atoms with van der Waals surface area (Å²) in [6.07, 6.45) is 0.